The lowest BCUT2D eigenvalue weighted by Gasteiger charge is -2.17. The molecule has 19 heavy (non-hydrogen) atoms. The van der Waals surface area contributed by atoms with Gasteiger partial charge in [0, 0.05) is 6.07 Å². The number of nitro benzene ring substituents is 1. The summed E-state index contributed by atoms with van der Waals surface area (Å²) in [6.07, 6.45) is -3.64. The molecule has 0 saturated carbocycles. The first-order valence-corrected chi connectivity index (χ1v) is 5.33. The zero-order valence-corrected chi connectivity index (χ0v) is 10.1. The molecule has 1 amide bonds. The highest BCUT2D eigenvalue weighted by Gasteiger charge is 2.27. The smallest absolute Gasteiger partial charge is 0.275 e. The summed E-state index contributed by atoms with van der Waals surface area (Å²) in [7, 11) is 1.36. The van der Waals surface area contributed by atoms with Crippen molar-refractivity contribution in [2.24, 2.45) is 5.73 Å². The molecule has 4 N–H and O–H groups in total. The second-order valence-electron chi connectivity index (χ2n) is 3.86. The minimum Gasteiger partial charge on any atom is -0.497 e. The molecular formula is C11H14N2O6. The van der Waals surface area contributed by atoms with Crippen LogP contribution in [0.25, 0.3) is 0 Å². The van der Waals surface area contributed by atoms with Crippen LogP contribution in [-0.4, -0.2) is 34.3 Å². The molecule has 1 aromatic carbocycles. The summed E-state index contributed by atoms with van der Waals surface area (Å²) in [5.41, 5.74) is 4.38. The molecular weight excluding hydrogens is 256 g/mol. The van der Waals surface area contributed by atoms with Gasteiger partial charge in [0.05, 0.1) is 30.1 Å². The maximum atomic E-state index is 10.9. The fraction of sp³-hybridized carbons (Fsp3) is 0.364. The second-order valence-corrected chi connectivity index (χ2v) is 3.86. The van der Waals surface area contributed by atoms with Crippen LogP contribution < -0.4 is 10.5 Å². The Hall–Kier alpha value is -2.19. The quantitative estimate of drug-likeness (QED) is 0.486. The van der Waals surface area contributed by atoms with Crippen molar-refractivity contribution in [2.75, 3.05) is 7.11 Å². The Labute approximate surface area is 108 Å². The first-order valence-electron chi connectivity index (χ1n) is 5.33. The molecule has 0 aliphatic carbocycles. The molecule has 0 radical (unpaired) electrons. The number of nitrogens with zero attached hydrogens (tertiary/aromatic N) is 1. The average molecular weight is 270 g/mol. The molecule has 0 fully saturated rings. The lowest BCUT2D eigenvalue weighted by molar-refractivity contribution is -0.386. The molecule has 0 bridgehead atoms. The maximum absolute atomic E-state index is 10.9. The highest BCUT2D eigenvalue weighted by atomic mass is 16.6. The lowest BCUT2D eigenvalue weighted by atomic mass is 10.00. The molecule has 2 atom stereocenters. The summed E-state index contributed by atoms with van der Waals surface area (Å²) in [5, 5.41) is 30.3. The van der Waals surface area contributed by atoms with E-state index in [2.05, 4.69) is 0 Å². The predicted octanol–water partition coefficient (Wildman–Crippen LogP) is -0.127. The lowest BCUT2D eigenvalue weighted by Crippen LogP contribution is -2.26. The zero-order chi connectivity index (χ0) is 14.6. The molecule has 8 nitrogen and oxygen atoms in total. The van der Waals surface area contributed by atoms with Crippen LogP contribution in [0.5, 0.6) is 5.75 Å². The number of rotatable bonds is 6. The van der Waals surface area contributed by atoms with E-state index in [-0.39, 0.29) is 17.0 Å². The van der Waals surface area contributed by atoms with E-state index in [4.69, 9.17) is 10.5 Å². The highest BCUT2D eigenvalue weighted by molar-refractivity contribution is 5.74. The van der Waals surface area contributed by atoms with Crippen molar-refractivity contribution < 1.29 is 24.7 Å². The fourth-order valence-electron chi connectivity index (χ4n) is 1.59. The van der Waals surface area contributed by atoms with Crippen molar-refractivity contribution in [3.63, 3.8) is 0 Å². The monoisotopic (exact) mass is 270 g/mol. The van der Waals surface area contributed by atoms with Gasteiger partial charge < -0.3 is 20.7 Å². The molecule has 0 aliphatic rings. The molecule has 0 spiro atoms. The van der Waals surface area contributed by atoms with E-state index in [9.17, 15) is 25.1 Å². The van der Waals surface area contributed by atoms with Gasteiger partial charge in [-0.25, -0.2) is 0 Å². The number of nitro groups is 1. The van der Waals surface area contributed by atoms with E-state index in [1.165, 1.54) is 19.2 Å². The molecule has 0 heterocycles. The molecule has 1 aromatic rings. The van der Waals surface area contributed by atoms with Gasteiger partial charge in [-0.05, 0) is 12.1 Å². The van der Waals surface area contributed by atoms with Gasteiger partial charge in [0.25, 0.3) is 5.69 Å². The Morgan fingerprint density at radius 1 is 1.53 bits per heavy atom. The van der Waals surface area contributed by atoms with Crippen molar-refractivity contribution in [3.05, 3.63) is 33.9 Å². The number of carbonyl (C=O) groups excluding carboxylic acids is 1. The summed E-state index contributed by atoms with van der Waals surface area (Å²) >= 11 is 0. The normalized spacial score (nSPS) is 13.6. The Balaban J connectivity index is 3.14. The number of nitrogens with two attached hydrogens (primary N) is 1. The molecule has 0 saturated heterocycles. The Bertz CT molecular complexity index is 490. The first-order chi connectivity index (χ1) is 8.86. The standard InChI is InChI=1S/C11H14N2O6/c1-19-6-2-3-8(13(17)18)7(4-6)11(16)9(14)5-10(12)15/h2-4,9,11,14,16H,5H2,1H3,(H2,12,15). The minimum atomic E-state index is -1.61. The fourth-order valence-corrected chi connectivity index (χ4v) is 1.59. The van der Waals surface area contributed by atoms with Gasteiger partial charge in [0.2, 0.25) is 5.91 Å². The number of benzene rings is 1. The number of aliphatic hydroxyl groups is 2. The van der Waals surface area contributed by atoms with E-state index >= 15 is 0 Å². The van der Waals surface area contributed by atoms with Gasteiger partial charge >= 0.3 is 0 Å². The van der Waals surface area contributed by atoms with E-state index in [0.717, 1.165) is 6.07 Å². The van der Waals surface area contributed by atoms with Gasteiger partial charge in [0.15, 0.2) is 0 Å². The molecule has 8 heteroatoms. The summed E-state index contributed by atoms with van der Waals surface area (Å²) in [6, 6.07) is 3.73. The Morgan fingerprint density at radius 3 is 2.63 bits per heavy atom. The van der Waals surface area contributed by atoms with Crippen molar-refractivity contribution >= 4 is 11.6 Å². The number of primary amides is 1. The Morgan fingerprint density at radius 2 is 2.16 bits per heavy atom. The molecule has 2 unspecified atom stereocenters. The van der Waals surface area contributed by atoms with Crippen LogP contribution in [0.4, 0.5) is 5.69 Å². The van der Waals surface area contributed by atoms with Gasteiger partial charge in [-0.3, -0.25) is 14.9 Å². The highest BCUT2D eigenvalue weighted by Crippen LogP contribution is 2.31. The van der Waals surface area contributed by atoms with Crippen LogP contribution in [0.15, 0.2) is 18.2 Å². The minimum absolute atomic E-state index is 0.141. The van der Waals surface area contributed by atoms with Gasteiger partial charge in [-0.15, -0.1) is 0 Å². The third kappa shape index (κ3) is 3.63. The summed E-state index contributed by atoms with van der Waals surface area (Å²) < 4.78 is 4.89. The average Bonchev–Trinajstić information content (AvgIpc) is 2.36. The van der Waals surface area contributed by atoms with Crippen molar-refractivity contribution in [1.82, 2.24) is 0 Å². The van der Waals surface area contributed by atoms with E-state index in [0.29, 0.717) is 0 Å². The third-order valence-corrected chi connectivity index (χ3v) is 2.52. The number of carbonyl (C=O) groups is 1. The molecule has 1 rings (SSSR count). The van der Waals surface area contributed by atoms with E-state index < -0.39 is 29.5 Å². The molecule has 0 aliphatic heterocycles. The number of ether oxygens (including phenoxy) is 1. The topological polar surface area (TPSA) is 136 Å². The van der Waals surface area contributed by atoms with Crippen LogP contribution in [0.1, 0.15) is 18.1 Å². The molecule has 104 valence electrons. The van der Waals surface area contributed by atoms with Gasteiger partial charge in [-0.1, -0.05) is 0 Å². The predicted molar refractivity (Wildman–Crippen MR) is 64.4 cm³/mol. The number of hydrogen-bond acceptors (Lipinski definition) is 6. The number of aliphatic hydroxyl groups excluding tert-OH is 2. The number of amides is 1. The van der Waals surface area contributed by atoms with Gasteiger partial charge in [0.1, 0.15) is 11.9 Å². The van der Waals surface area contributed by atoms with Crippen LogP contribution in [0.2, 0.25) is 0 Å². The van der Waals surface area contributed by atoms with Crippen LogP contribution in [0.3, 0.4) is 0 Å². The van der Waals surface area contributed by atoms with Crippen LogP contribution in [0, 0.1) is 10.1 Å². The summed E-state index contributed by atoms with van der Waals surface area (Å²) in [6.45, 7) is 0. The van der Waals surface area contributed by atoms with Crippen molar-refractivity contribution in [2.45, 2.75) is 18.6 Å². The van der Waals surface area contributed by atoms with Crippen LogP contribution >= 0.6 is 0 Å². The zero-order valence-electron chi connectivity index (χ0n) is 10.1. The van der Waals surface area contributed by atoms with E-state index in [1.54, 1.807) is 0 Å². The van der Waals surface area contributed by atoms with Crippen LogP contribution in [-0.2, 0) is 4.79 Å². The van der Waals surface area contributed by atoms with Gasteiger partial charge in [-0.2, -0.15) is 0 Å². The van der Waals surface area contributed by atoms with E-state index in [1.807, 2.05) is 0 Å². The summed E-state index contributed by atoms with van der Waals surface area (Å²) in [5.74, 6) is -0.539. The largest absolute Gasteiger partial charge is 0.497 e. The molecule has 0 aromatic heterocycles. The number of hydrogen-bond donors (Lipinski definition) is 3. The number of methoxy groups -OCH3 is 1. The first kappa shape index (κ1) is 14.9. The third-order valence-electron chi connectivity index (χ3n) is 2.52. The maximum Gasteiger partial charge on any atom is 0.275 e. The second kappa shape index (κ2) is 6.12. The summed E-state index contributed by atoms with van der Waals surface area (Å²) in [4.78, 5) is 20.8. The SMILES string of the molecule is COc1ccc([N+](=O)[O-])c(C(O)C(O)CC(N)=O)c1. The Kier molecular flexibility index (Phi) is 4.79. The van der Waals surface area contributed by atoms with Crippen molar-refractivity contribution in [1.29, 1.82) is 0 Å². The van der Waals surface area contributed by atoms with Crippen molar-refractivity contribution in [3.8, 4) is 5.75 Å².